The first-order valence-corrected chi connectivity index (χ1v) is 6.21. The number of hydrogen-bond acceptors (Lipinski definition) is 2. The third-order valence-electron chi connectivity index (χ3n) is 2.94. The Morgan fingerprint density at radius 1 is 1.60 bits per heavy atom. The highest BCUT2D eigenvalue weighted by Gasteiger charge is 2.17. The molecule has 0 spiro atoms. The molecule has 1 aliphatic rings. The summed E-state index contributed by atoms with van der Waals surface area (Å²) in [6.45, 7) is 9.63. The van der Waals surface area contributed by atoms with Crippen molar-refractivity contribution in [2.75, 3.05) is 6.54 Å². The zero-order valence-electron chi connectivity index (χ0n) is 9.34. The van der Waals surface area contributed by atoms with Gasteiger partial charge in [-0.15, -0.1) is 11.3 Å². The van der Waals surface area contributed by atoms with Gasteiger partial charge in [0, 0.05) is 17.5 Å². The number of nitrogens with one attached hydrogen (secondary N) is 1. The van der Waals surface area contributed by atoms with E-state index in [2.05, 4.69) is 43.3 Å². The molecule has 1 aliphatic heterocycles. The van der Waals surface area contributed by atoms with E-state index >= 15 is 0 Å². The summed E-state index contributed by atoms with van der Waals surface area (Å²) in [5, 5.41) is 5.60. The van der Waals surface area contributed by atoms with Crippen LogP contribution in [-0.2, 0) is 0 Å². The largest absolute Gasteiger partial charge is 0.310 e. The lowest BCUT2D eigenvalue weighted by atomic mass is 9.93. The van der Waals surface area contributed by atoms with Crippen LogP contribution in [0, 0.1) is 0 Å². The van der Waals surface area contributed by atoms with Gasteiger partial charge in [-0.3, -0.25) is 0 Å². The van der Waals surface area contributed by atoms with Gasteiger partial charge in [-0.05, 0) is 42.9 Å². The molecule has 15 heavy (non-hydrogen) atoms. The summed E-state index contributed by atoms with van der Waals surface area (Å²) in [6, 6.07) is 4.83. The molecule has 0 saturated heterocycles. The normalized spacial score (nSPS) is 21.9. The van der Waals surface area contributed by atoms with Gasteiger partial charge in [0.2, 0.25) is 0 Å². The summed E-state index contributed by atoms with van der Waals surface area (Å²) in [4.78, 5) is 1.29. The lowest BCUT2D eigenvalue weighted by Gasteiger charge is -2.25. The van der Waals surface area contributed by atoms with Crippen LogP contribution in [0.3, 0.4) is 0 Å². The van der Waals surface area contributed by atoms with Gasteiger partial charge >= 0.3 is 0 Å². The minimum atomic E-state index is 0.602. The summed E-state index contributed by atoms with van der Waals surface area (Å²) in [5.74, 6) is 0. The number of rotatable bonds is 2. The molecule has 1 N–H and O–H groups in total. The van der Waals surface area contributed by atoms with Crippen molar-refractivity contribution in [3.8, 4) is 0 Å². The molecule has 0 saturated carbocycles. The molecule has 0 radical (unpaired) electrons. The van der Waals surface area contributed by atoms with Crippen molar-refractivity contribution in [2.45, 2.75) is 26.3 Å². The van der Waals surface area contributed by atoms with Crippen LogP contribution in [-0.4, -0.2) is 12.6 Å². The SMILES string of the molecule is C=C(C1=C(C)CC(C)NC1)c1cccs1. The van der Waals surface area contributed by atoms with E-state index in [1.54, 1.807) is 11.3 Å². The van der Waals surface area contributed by atoms with E-state index < -0.39 is 0 Å². The molecule has 0 fully saturated rings. The minimum Gasteiger partial charge on any atom is -0.310 e. The predicted octanol–water partition coefficient (Wildman–Crippen LogP) is 3.46. The second-order valence-electron chi connectivity index (χ2n) is 4.20. The van der Waals surface area contributed by atoms with Crippen LogP contribution in [0.5, 0.6) is 0 Å². The van der Waals surface area contributed by atoms with Gasteiger partial charge in [-0.25, -0.2) is 0 Å². The summed E-state index contributed by atoms with van der Waals surface area (Å²) >= 11 is 1.77. The van der Waals surface area contributed by atoms with Gasteiger partial charge in [0.15, 0.2) is 0 Å². The van der Waals surface area contributed by atoms with E-state index in [0.717, 1.165) is 13.0 Å². The van der Waals surface area contributed by atoms with Crippen molar-refractivity contribution in [3.05, 3.63) is 40.1 Å². The Hall–Kier alpha value is -0.860. The van der Waals surface area contributed by atoms with Crippen LogP contribution < -0.4 is 5.32 Å². The maximum absolute atomic E-state index is 4.21. The van der Waals surface area contributed by atoms with Crippen LogP contribution >= 0.6 is 11.3 Å². The average molecular weight is 219 g/mol. The van der Waals surface area contributed by atoms with Crippen molar-refractivity contribution in [3.63, 3.8) is 0 Å². The summed E-state index contributed by atoms with van der Waals surface area (Å²) < 4.78 is 0. The second-order valence-corrected chi connectivity index (χ2v) is 5.15. The van der Waals surface area contributed by atoms with Crippen molar-refractivity contribution in [2.24, 2.45) is 0 Å². The number of hydrogen-bond donors (Lipinski definition) is 1. The topological polar surface area (TPSA) is 12.0 Å². The van der Waals surface area contributed by atoms with E-state index in [1.807, 2.05) is 0 Å². The first-order valence-electron chi connectivity index (χ1n) is 5.33. The monoisotopic (exact) mass is 219 g/mol. The second kappa shape index (κ2) is 4.33. The van der Waals surface area contributed by atoms with Gasteiger partial charge in [-0.2, -0.15) is 0 Å². The molecule has 2 rings (SSSR count). The van der Waals surface area contributed by atoms with Crippen LogP contribution in [0.25, 0.3) is 5.57 Å². The summed E-state index contributed by atoms with van der Waals surface area (Å²) in [6.07, 6.45) is 1.14. The highest BCUT2D eigenvalue weighted by atomic mass is 32.1. The molecule has 0 aromatic carbocycles. The molecular weight excluding hydrogens is 202 g/mol. The Labute approximate surface area is 95.5 Å². The molecule has 2 heteroatoms. The van der Waals surface area contributed by atoms with E-state index in [-0.39, 0.29) is 0 Å². The Kier molecular flexibility index (Phi) is 3.08. The lowest BCUT2D eigenvalue weighted by Crippen LogP contribution is -2.33. The molecule has 1 aromatic heterocycles. The number of thiophene rings is 1. The van der Waals surface area contributed by atoms with Crippen LogP contribution in [0.4, 0.5) is 0 Å². The van der Waals surface area contributed by atoms with Gasteiger partial charge in [-0.1, -0.05) is 18.2 Å². The molecule has 1 unspecified atom stereocenters. The van der Waals surface area contributed by atoms with Gasteiger partial charge < -0.3 is 5.32 Å². The average Bonchev–Trinajstić information content (AvgIpc) is 2.69. The molecule has 1 nitrogen and oxygen atoms in total. The van der Waals surface area contributed by atoms with Crippen LogP contribution in [0.1, 0.15) is 25.1 Å². The molecule has 0 aliphatic carbocycles. The van der Waals surface area contributed by atoms with Gasteiger partial charge in [0.1, 0.15) is 0 Å². The van der Waals surface area contributed by atoms with Crippen molar-refractivity contribution in [1.82, 2.24) is 5.32 Å². The van der Waals surface area contributed by atoms with Gasteiger partial charge in [0.25, 0.3) is 0 Å². The van der Waals surface area contributed by atoms with Gasteiger partial charge in [0.05, 0.1) is 0 Å². The molecular formula is C13H17NS. The highest BCUT2D eigenvalue weighted by molar-refractivity contribution is 7.11. The lowest BCUT2D eigenvalue weighted by molar-refractivity contribution is 0.545. The van der Waals surface area contributed by atoms with E-state index in [0.29, 0.717) is 6.04 Å². The van der Waals surface area contributed by atoms with E-state index in [4.69, 9.17) is 0 Å². The first kappa shape index (κ1) is 10.7. The molecule has 2 heterocycles. The standard InChI is InChI=1S/C13H17NS/c1-9-7-10(2)14-8-12(9)11(3)13-5-4-6-15-13/h4-6,10,14H,3,7-8H2,1-2H3. The Bertz CT molecular complexity index is 387. The first-order chi connectivity index (χ1) is 7.18. The Morgan fingerprint density at radius 3 is 3.00 bits per heavy atom. The molecule has 1 atom stereocenters. The minimum absolute atomic E-state index is 0.602. The molecule has 0 amide bonds. The highest BCUT2D eigenvalue weighted by Crippen LogP contribution is 2.30. The maximum Gasteiger partial charge on any atom is 0.0339 e. The predicted molar refractivity (Wildman–Crippen MR) is 68.1 cm³/mol. The summed E-state index contributed by atoms with van der Waals surface area (Å²) in [7, 11) is 0. The van der Waals surface area contributed by atoms with E-state index in [1.165, 1.54) is 21.6 Å². The molecule has 1 aromatic rings. The van der Waals surface area contributed by atoms with Crippen molar-refractivity contribution < 1.29 is 0 Å². The fourth-order valence-corrected chi connectivity index (χ4v) is 2.77. The zero-order chi connectivity index (χ0) is 10.8. The smallest absolute Gasteiger partial charge is 0.0339 e. The van der Waals surface area contributed by atoms with Crippen molar-refractivity contribution >= 4 is 16.9 Å². The van der Waals surface area contributed by atoms with Crippen LogP contribution in [0.15, 0.2) is 35.2 Å². The quantitative estimate of drug-likeness (QED) is 0.803. The summed E-state index contributed by atoms with van der Waals surface area (Å²) in [5.41, 5.74) is 4.08. The third-order valence-corrected chi connectivity index (χ3v) is 3.87. The van der Waals surface area contributed by atoms with Crippen molar-refractivity contribution in [1.29, 1.82) is 0 Å². The molecule has 80 valence electrons. The zero-order valence-corrected chi connectivity index (χ0v) is 10.2. The maximum atomic E-state index is 4.21. The molecule has 0 bridgehead atoms. The third kappa shape index (κ3) is 2.21. The fraction of sp³-hybridized carbons (Fsp3) is 0.385. The Balaban J connectivity index is 2.24. The van der Waals surface area contributed by atoms with E-state index in [9.17, 15) is 0 Å². The Morgan fingerprint density at radius 2 is 2.40 bits per heavy atom. The van der Waals surface area contributed by atoms with Crippen LogP contribution in [0.2, 0.25) is 0 Å². The fourth-order valence-electron chi connectivity index (χ4n) is 2.05.